The first-order valence-corrected chi connectivity index (χ1v) is 8.46. The first-order chi connectivity index (χ1) is 12.2. The van der Waals surface area contributed by atoms with Crippen LogP contribution in [0.15, 0.2) is 42.5 Å². The Balaban J connectivity index is 1.58. The average molecular weight is 340 g/mol. The molecule has 1 aliphatic rings. The normalized spacial score (nSPS) is 13.8. The minimum Gasteiger partial charge on any atom is -0.493 e. The summed E-state index contributed by atoms with van der Waals surface area (Å²) < 4.78 is 10.7. The minimum atomic E-state index is 0.0489. The van der Waals surface area contributed by atoms with E-state index in [4.69, 9.17) is 9.47 Å². The molecule has 1 heterocycles. The number of benzene rings is 2. The Hall–Kier alpha value is -2.53. The monoisotopic (exact) mass is 340 g/mol. The maximum atomic E-state index is 12.2. The number of fused-ring (bicyclic) bond motifs is 1. The zero-order chi connectivity index (χ0) is 17.6. The van der Waals surface area contributed by atoms with Crippen LogP contribution in [0.25, 0.3) is 0 Å². The van der Waals surface area contributed by atoms with Crippen molar-refractivity contribution in [2.75, 3.05) is 27.3 Å². The Morgan fingerprint density at radius 1 is 1.08 bits per heavy atom. The number of methoxy groups -OCH3 is 2. The van der Waals surface area contributed by atoms with E-state index in [2.05, 4.69) is 10.2 Å². The van der Waals surface area contributed by atoms with Gasteiger partial charge in [0.2, 0.25) is 5.91 Å². The molecular weight excluding hydrogens is 316 g/mol. The molecule has 0 spiro atoms. The van der Waals surface area contributed by atoms with Gasteiger partial charge in [0, 0.05) is 19.6 Å². The van der Waals surface area contributed by atoms with Crippen molar-refractivity contribution in [2.45, 2.75) is 19.5 Å². The largest absolute Gasteiger partial charge is 0.493 e. The predicted molar refractivity (Wildman–Crippen MR) is 96.8 cm³/mol. The number of nitrogens with one attached hydrogen (secondary N) is 1. The van der Waals surface area contributed by atoms with Crippen LogP contribution in [-0.2, 0) is 24.3 Å². The average Bonchev–Trinajstić information content (AvgIpc) is 2.66. The second-order valence-electron chi connectivity index (χ2n) is 6.20. The highest BCUT2D eigenvalue weighted by Crippen LogP contribution is 2.33. The van der Waals surface area contributed by atoms with Crippen LogP contribution in [-0.4, -0.2) is 38.1 Å². The Kier molecular flexibility index (Phi) is 5.56. The number of hydrogen-bond acceptors (Lipinski definition) is 4. The summed E-state index contributed by atoms with van der Waals surface area (Å²) in [7, 11) is 3.29. The first kappa shape index (κ1) is 17.3. The van der Waals surface area contributed by atoms with E-state index in [1.165, 1.54) is 11.1 Å². The van der Waals surface area contributed by atoms with E-state index < -0.39 is 0 Å². The van der Waals surface area contributed by atoms with Crippen molar-refractivity contribution in [2.24, 2.45) is 0 Å². The van der Waals surface area contributed by atoms with Crippen molar-refractivity contribution in [3.8, 4) is 11.5 Å². The van der Waals surface area contributed by atoms with Crippen molar-refractivity contribution in [3.63, 3.8) is 0 Å². The number of ether oxygens (including phenoxy) is 2. The lowest BCUT2D eigenvalue weighted by molar-refractivity contribution is -0.122. The molecule has 25 heavy (non-hydrogen) atoms. The van der Waals surface area contributed by atoms with Crippen molar-refractivity contribution < 1.29 is 14.3 Å². The lowest BCUT2D eigenvalue weighted by Gasteiger charge is -2.29. The van der Waals surface area contributed by atoms with Gasteiger partial charge in [-0.05, 0) is 35.2 Å². The van der Waals surface area contributed by atoms with Crippen molar-refractivity contribution in [1.29, 1.82) is 0 Å². The van der Waals surface area contributed by atoms with Gasteiger partial charge in [-0.2, -0.15) is 0 Å². The van der Waals surface area contributed by atoms with Gasteiger partial charge in [-0.3, -0.25) is 9.69 Å². The molecule has 0 aliphatic carbocycles. The zero-order valence-electron chi connectivity index (χ0n) is 14.7. The summed E-state index contributed by atoms with van der Waals surface area (Å²) in [6.45, 7) is 2.57. The summed E-state index contributed by atoms with van der Waals surface area (Å²) >= 11 is 0. The minimum absolute atomic E-state index is 0.0489. The topological polar surface area (TPSA) is 50.8 Å². The zero-order valence-corrected chi connectivity index (χ0v) is 14.7. The van der Waals surface area contributed by atoms with Gasteiger partial charge >= 0.3 is 0 Å². The van der Waals surface area contributed by atoms with Gasteiger partial charge in [0.25, 0.3) is 0 Å². The summed E-state index contributed by atoms with van der Waals surface area (Å²) in [6.07, 6.45) is 0.904. The highest BCUT2D eigenvalue weighted by atomic mass is 16.5. The van der Waals surface area contributed by atoms with Gasteiger partial charge in [-0.25, -0.2) is 0 Å². The smallest absolute Gasteiger partial charge is 0.234 e. The maximum Gasteiger partial charge on any atom is 0.234 e. The van der Waals surface area contributed by atoms with E-state index in [0.29, 0.717) is 13.1 Å². The van der Waals surface area contributed by atoms with Crippen LogP contribution in [0.5, 0.6) is 11.5 Å². The van der Waals surface area contributed by atoms with Crippen LogP contribution < -0.4 is 14.8 Å². The molecule has 1 aliphatic heterocycles. The summed E-state index contributed by atoms with van der Waals surface area (Å²) in [6, 6.07) is 14.0. The van der Waals surface area contributed by atoms with Crippen molar-refractivity contribution in [3.05, 3.63) is 59.2 Å². The van der Waals surface area contributed by atoms with Gasteiger partial charge in [-0.1, -0.05) is 30.3 Å². The summed E-state index contributed by atoms with van der Waals surface area (Å²) in [5.41, 5.74) is 3.56. The van der Waals surface area contributed by atoms with Crippen LogP contribution in [0, 0.1) is 0 Å². The highest BCUT2D eigenvalue weighted by molar-refractivity contribution is 5.78. The molecule has 0 unspecified atom stereocenters. The third kappa shape index (κ3) is 4.31. The fourth-order valence-electron chi connectivity index (χ4n) is 3.13. The Morgan fingerprint density at radius 3 is 2.44 bits per heavy atom. The van der Waals surface area contributed by atoms with E-state index in [-0.39, 0.29) is 5.91 Å². The molecule has 132 valence electrons. The number of nitrogens with zero attached hydrogens (tertiary/aromatic N) is 1. The number of rotatable bonds is 6. The quantitative estimate of drug-likeness (QED) is 0.877. The highest BCUT2D eigenvalue weighted by Gasteiger charge is 2.20. The fraction of sp³-hybridized carbons (Fsp3) is 0.350. The molecular formula is C20H24N2O3. The van der Waals surface area contributed by atoms with Gasteiger partial charge in [0.05, 0.1) is 20.8 Å². The summed E-state index contributed by atoms with van der Waals surface area (Å²) in [5, 5.41) is 2.99. The van der Waals surface area contributed by atoms with E-state index in [1.807, 2.05) is 42.5 Å². The van der Waals surface area contributed by atoms with E-state index >= 15 is 0 Å². The molecule has 3 rings (SSSR count). The van der Waals surface area contributed by atoms with Gasteiger partial charge in [-0.15, -0.1) is 0 Å². The standard InChI is InChI=1S/C20H24N2O3/c1-24-18-10-16-8-9-22(13-17(16)11-19(18)25-2)14-20(23)21-12-15-6-4-3-5-7-15/h3-7,10-11H,8-9,12-14H2,1-2H3,(H,21,23). The van der Waals surface area contributed by atoms with Gasteiger partial charge in [0.15, 0.2) is 11.5 Å². The molecule has 1 amide bonds. The molecule has 0 aromatic heterocycles. The predicted octanol–water partition coefficient (Wildman–Crippen LogP) is 2.38. The molecule has 5 heteroatoms. The number of carbonyl (C=O) groups is 1. The molecule has 0 radical (unpaired) electrons. The molecule has 0 bridgehead atoms. The Morgan fingerprint density at radius 2 is 1.76 bits per heavy atom. The number of carbonyl (C=O) groups excluding carboxylic acids is 1. The van der Waals surface area contributed by atoms with E-state index in [0.717, 1.165) is 36.6 Å². The SMILES string of the molecule is COc1cc2c(cc1OC)CN(CC(=O)NCc1ccccc1)CC2. The number of hydrogen-bond donors (Lipinski definition) is 1. The van der Waals surface area contributed by atoms with E-state index in [1.54, 1.807) is 14.2 Å². The lowest BCUT2D eigenvalue weighted by atomic mass is 9.99. The van der Waals surface area contributed by atoms with Crippen molar-refractivity contribution >= 4 is 5.91 Å². The van der Waals surface area contributed by atoms with Crippen LogP contribution in [0.1, 0.15) is 16.7 Å². The van der Waals surface area contributed by atoms with Crippen LogP contribution in [0.2, 0.25) is 0 Å². The third-order valence-corrected chi connectivity index (χ3v) is 4.50. The third-order valence-electron chi connectivity index (χ3n) is 4.50. The Bertz CT molecular complexity index is 731. The summed E-state index contributed by atoms with van der Waals surface area (Å²) in [5.74, 6) is 1.54. The molecule has 5 nitrogen and oxygen atoms in total. The maximum absolute atomic E-state index is 12.2. The molecule has 0 atom stereocenters. The molecule has 0 saturated heterocycles. The van der Waals surface area contributed by atoms with Crippen LogP contribution >= 0.6 is 0 Å². The second kappa shape index (κ2) is 8.03. The van der Waals surface area contributed by atoms with Gasteiger partial charge in [0.1, 0.15) is 0 Å². The molecule has 2 aromatic rings. The van der Waals surface area contributed by atoms with E-state index in [9.17, 15) is 4.79 Å². The fourth-order valence-corrected chi connectivity index (χ4v) is 3.13. The molecule has 1 N–H and O–H groups in total. The van der Waals surface area contributed by atoms with Crippen LogP contribution in [0.4, 0.5) is 0 Å². The summed E-state index contributed by atoms with van der Waals surface area (Å²) in [4.78, 5) is 14.4. The lowest BCUT2D eigenvalue weighted by Crippen LogP contribution is -2.39. The van der Waals surface area contributed by atoms with Gasteiger partial charge < -0.3 is 14.8 Å². The second-order valence-corrected chi connectivity index (χ2v) is 6.20. The molecule has 2 aromatic carbocycles. The molecule has 0 fully saturated rings. The Labute approximate surface area is 148 Å². The molecule has 0 saturated carbocycles. The van der Waals surface area contributed by atoms with Crippen LogP contribution in [0.3, 0.4) is 0 Å². The number of amides is 1. The first-order valence-electron chi connectivity index (χ1n) is 8.46. The van der Waals surface area contributed by atoms with Crippen molar-refractivity contribution in [1.82, 2.24) is 10.2 Å².